The molecule has 0 aliphatic carbocycles. The van der Waals surface area contributed by atoms with Crippen molar-refractivity contribution in [2.45, 2.75) is 31.3 Å². The molecule has 100 valence electrons. The maximum absolute atomic E-state index is 12.2. The lowest BCUT2D eigenvalue weighted by atomic mass is 9.94. The molecule has 3 heteroatoms. The molecule has 3 nitrogen and oxygen atoms in total. The van der Waals surface area contributed by atoms with E-state index in [1.165, 1.54) is 0 Å². The topological polar surface area (TPSA) is 29.5 Å². The maximum atomic E-state index is 12.2. The second-order valence-electron chi connectivity index (χ2n) is 5.41. The molecule has 0 spiro atoms. The van der Waals surface area contributed by atoms with Crippen LogP contribution in [0.25, 0.3) is 6.08 Å². The summed E-state index contributed by atoms with van der Waals surface area (Å²) in [6, 6.07) is 8.64. The Kier molecular flexibility index (Phi) is 3.15. The SMILES string of the molecule is COc1ccc(/C=C2\C(=O)C[C@H]3CC[C@H]2N3C)cc1. The Balaban J connectivity index is 1.90. The molecule has 2 saturated heterocycles. The Morgan fingerprint density at radius 2 is 2.00 bits per heavy atom. The van der Waals surface area contributed by atoms with Crippen molar-refractivity contribution in [1.29, 1.82) is 0 Å². The summed E-state index contributed by atoms with van der Waals surface area (Å²) in [5, 5.41) is 0. The Morgan fingerprint density at radius 1 is 1.26 bits per heavy atom. The van der Waals surface area contributed by atoms with E-state index in [9.17, 15) is 4.79 Å². The molecule has 3 rings (SSSR count). The molecule has 2 aliphatic heterocycles. The molecule has 2 fully saturated rings. The molecule has 2 bridgehead atoms. The van der Waals surface area contributed by atoms with E-state index in [0.29, 0.717) is 24.3 Å². The number of carbonyl (C=O) groups is 1. The largest absolute Gasteiger partial charge is 0.497 e. The molecule has 0 radical (unpaired) electrons. The van der Waals surface area contributed by atoms with Crippen LogP contribution in [0.2, 0.25) is 0 Å². The minimum absolute atomic E-state index is 0.313. The van der Waals surface area contributed by atoms with Crippen molar-refractivity contribution < 1.29 is 9.53 Å². The van der Waals surface area contributed by atoms with Gasteiger partial charge in [-0.25, -0.2) is 0 Å². The highest BCUT2D eigenvalue weighted by molar-refractivity contribution is 6.02. The number of fused-ring (bicyclic) bond motifs is 2. The summed E-state index contributed by atoms with van der Waals surface area (Å²) in [5.41, 5.74) is 2.05. The maximum Gasteiger partial charge on any atom is 0.162 e. The predicted octanol–water partition coefficient (Wildman–Crippen LogP) is 2.51. The van der Waals surface area contributed by atoms with Crippen LogP contribution in [0.5, 0.6) is 5.75 Å². The third-order valence-corrected chi connectivity index (χ3v) is 4.38. The van der Waals surface area contributed by atoms with Gasteiger partial charge >= 0.3 is 0 Å². The van der Waals surface area contributed by atoms with Crippen LogP contribution >= 0.6 is 0 Å². The lowest BCUT2D eigenvalue weighted by Gasteiger charge is -2.32. The van der Waals surface area contributed by atoms with Crippen LogP contribution in [0.15, 0.2) is 29.8 Å². The molecule has 2 atom stereocenters. The van der Waals surface area contributed by atoms with Crippen LogP contribution in [0.4, 0.5) is 0 Å². The average molecular weight is 257 g/mol. The quantitative estimate of drug-likeness (QED) is 0.762. The molecule has 1 aromatic rings. The number of ether oxygens (including phenoxy) is 1. The van der Waals surface area contributed by atoms with E-state index < -0.39 is 0 Å². The van der Waals surface area contributed by atoms with Crippen LogP contribution in [0.3, 0.4) is 0 Å². The van der Waals surface area contributed by atoms with Gasteiger partial charge in [-0.15, -0.1) is 0 Å². The van der Waals surface area contributed by atoms with Gasteiger partial charge in [0.15, 0.2) is 5.78 Å². The van der Waals surface area contributed by atoms with Gasteiger partial charge in [-0.1, -0.05) is 12.1 Å². The number of likely N-dealkylation sites (N-methyl/N-ethyl adjacent to an activating group) is 1. The number of nitrogens with zero attached hydrogens (tertiary/aromatic N) is 1. The van der Waals surface area contributed by atoms with Crippen molar-refractivity contribution in [1.82, 2.24) is 4.90 Å². The van der Waals surface area contributed by atoms with E-state index in [4.69, 9.17) is 4.74 Å². The molecule has 1 aromatic carbocycles. The number of benzene rings is 1. The van der Waals surface area contributed by atoms with Crippen LogP contribution < -0.4 is 4.74 Å². The van der Waals surface area contributed by atoms with E-state index in [1.54, 1.807) is 7.11 Å². The highest BCUT2D eigenvalue weighted by Gasteiger charge is 2.41. The Bertz CT molecular complexity index is 518. The highest BCUT2D eigenvalue weighted by atomic mass is 16.5. The summed E-state index contributed by atoms with van der Waals surface area (Å²) in [5.74, 6) is 1.16. The van der Waals surface area contributed by atoms with E-state index >= 15 is 0 Å². The summed E-state index contributed by atoms with van der Waals surface area (Å²) in [6.07, 6.45) is 4.97. The zero-order chi connectivity index (χ0) is 13.4. The normalized spacial score (nSPS) is 28.9. The summed E-state index contributed by atoms with van der Waals surface area (Å²) in [6.45, 7) is 0. The van der Waals surface area contributed by atoms with Gasteiger partial charge in [0.25, 0.3) is 0 Å². The molecule has 0 saturated carbocycles. The lowest BCUT2D eigenvalue weighted by molar-refractivity contribution is -0.118. The van der Waals surface area contributed by atoms with Crippen molar-refractivity contribution in [2.75, 3.05) is 14.2 Å². The van der Waals surface area contributed by atoms with Crippen molar-refractivity contribution in [3.63, 3.8) is 0 Å². The molecular weight excluding hydrogens is 238 g/mol. The summed E-state index contributed by atoms with van der Waals surface area (Å²) in [4.78, 5) is 14.6. The first-order valence-corrected chi connectivity index (χ1v) is 6.80. The second-order valence-corrected chi connectivity index (χ2v) is 5.41. The van der Waals surface area contributed by atoms with Gasteiger partial charge < -0.3 is 4.74 Å². The Hall–Kier alpha value is -1.61. The number of rotatable bonds is 2. The summed E-state index contributed by atoms with van der Waals surface area (Å²) in [7, 11) is 3.79. The predicted molar refractivity (Wildman–Crippen MR) is 75.2 cm³/mol. The standard InChI is InChI=1S/C16H19NO2/c1-17-12-5-8-15(17)14(16(18)10-12)9-11-3-6-13(19-2)7-4-11/h3-4,6-7,9,12,15H,5,8,10H2,1-2H3/b14-9-/t12-,15-/m1/s1. The monoisotopic (exact) mass is 257 g/mol. The fourth-order valence-electron chi connectivity index (χ4n) is 3.21. The van der Waals surface area contributed by atoms with Gasteiger partial charge in [0.05, 0.1) is 7.11 Å². The highest BCUT2D eigenvalue weighted by Crippen LogP contribution is 2.36. The van der Waals surface area contributed by atoms with Gasteiger partial charge in [0.1, 0.15) is 5.75 Å². The minimum Gasteiger partial charge on any atom is -0.497 e. The molecule has 0 amide bonds. The Labute approximate surface area is 113 Å². The van der Waals surface area contributed by atoms with Gasteiger partial charge in [0, 0.05) is 24.1 Å². The van der Waals surface area contributed by atoms with E-state index in [0.717, 1.165) is 29.7 Å². The molecule has 19 heavy (non-hydrogen) atoms. The number of ketones is 1. The lowest BCUT2D eigenvalue weighted by Crippen LogP contribution is -2.41. The molecule has 0 unspecified atom stereocenters. The summed E-state index contributed by atoms with van der Waals surface area (Å²) >= 11 is 0. The molecule has 2 heterocycles. The van der Waals surface area contributed by atoms with Gasteiger partial charge in [-0.05, 0) is 43.7 Å². The number of hydrogen-bond acceptors (Lipinski definition) is 3. The van der Waals surface area contributed by atoms with Crippen LogP contribution in [-0.4, -0.2) is 36.9 Å². The average Bonchev–Trinajstić information content (AvgIpc) is 2.68. The van der Waals surface area contributed by atoms with E-state index in [2.05, 4.69) is 11.9 Å². The van der Waals surface area contributed by atoms with Gasteiger partial charge in [-0.2, -0.15) is 0 Å². The van der Waals surface area contributed by atoms with Crippen molar-refractivity contribution in [2.24, 2.45) is 0 Å². The molecule has 0 aromatic heterocycles. The molecule has 2 aliphatic rings. The van der Waals surface area contributed by atoms with Crippen LogP contribution in [0, 0.1) is 0 Å². The van der Waals surface area contributed by atoms with Crippen molar-refractivity contribution >= 4 is 11.9 Å². The van der Waals surface area contributed by atoms with Gasteiger partial charge in [0.2, 0.25) is 0 Å². The molecule has 0 N–H and O–H groups in total. The fourth-order valence-corrected chi connectivity index (χ4v) is 3.21. The van der Waals surface area contributed by atoms with Crippen molar-refractivity contribution in [3.8, 4) is 5.75 Å². The number of piperidine rings is 1. The smallest absolute Gasteiger partial charge is 0.162 e. The van der Waals surface area contributed by atoms with Crippen molar-refractivity contribution in [3.05, 3.63) is 35.4 Å². The zero-order valence-corrected chi connectivity index (χ0v) is 11.4. The van der Waals surface area contributed by atoms with E-state index in [1.807, 2.05) is 30.3 Å². The molecular formula is C16H19NO2. The first-order valence-electron chi connectivity index (χ1n) is 6.80. The van der Waals surface area contributed by atoms with Crippen LogP contribution in [-0.2, 0) is 4.79 Å². The first-order chi connectivity index (χ1) is 9.19. The Morgan fingerprint density at radius 3 is 2.68 bits per heavy atom. The minimum atomic E-state index is 0.313. The third kappa shape index (κ3) is 2.19. The summed E-state index contributed by atoms with van der Waals surface area (Å²) < 4.78 is 5.15. The van der Waals surface area contributed by atoms with Crippen LogP contribution in [0.1, 0.15) is 24.8 Å². The number of hydrogen-bond donors (Lipinski definition) is 0. The number of methoxy groups -OCH3 is 1. The number of carbonyl (C=O) groups excluding carboxylic acids is 1. The van der Waals surface area contributed by atoms with Gasteiger partial charge in [-0.3, -0.25) is 9.69 Å². The fraction of sp³-hybridized carbons (Fsp3) is 0.438. The second kappa shape index (κ2) is 4.82. The van der Waals surface area contributed by atoms with E-state index in [-0.39, 0.29) is 0 Å². The number of Topliss-reactive ketones (excluding diaryl/α,β-unsaturated/α-hetero) is 1. The zero-order valence-electron chi connectivity index (χ0n) is 11.4. The third-order valence-electron chi connectivity index (χ3n) is 4.38. The first kappa shape index (κ1) is 12.4.